The first kappa shape index (κ1) is 19.4. The molecule has 0 aliphatic carbocycles. The van der Waals surface area contributed by atoms with Crippen LogP contribution in [0.15, 0.2) is 28.8 Å². The van der Waals surface area contributed by atoms with E-state index in [-0.39, 0.29) is 29.5 Å². The number of carbonyl (C=O) groups is 2. The Bertz CT molecular complexity index is 808. The molecule has 2 N–H and O–H groups in total. The van der Waals surface area contributed by atoms with Gasteiger partial charge < -0.3 is 14.9 Å². The van der Waals surface area contributed by atoms with Crippen LogP contribution in [0.2, 0.25) is 0 Å². The zero-order chi connectivity index (χ0) is 19.4. The van der Waals surface area contributed by atoms with Crippen LogP contribution in [-0.2, 0) is 9.59 Å². The zero-order valence-corrected chi connectivity index (χ0v) is 16.0. The van der Waals surface area contributed by atoms with Crippen molar-refractivity contribution in [2.75, 3.05) is 25.1 Å². The van der Waals surface area contributed by atoms with Gasteiger partial charge in [0.05, 0.1) is 17.5 Å². The Morgan fingerprint density at radius 3 is 2.78 bits per heavy atom. The van der Waals surface area contributed by atoms with Crippen molar-refractivity contribution in [2.24, 2.45) is 0 Å². The maximum atomic E-state index is 12.0. The van der Waals surface area contributed by atoms with Gasteiger partial charge in [-0.15, -0.1) is 11.8 Å². The molecule has 1 fully saturated rings. The van der Waals surface area contributed by atoms with E-state index in [9.17, 15) is 9.59 Å². The van der Waals surface area contributed by atoms with Crippen molar-refractivity contribution in [2.45, 2.75) is 25.4 Å². The van der Waals surface area contributed by atoms with Gasteiger partial charge in [-0.05, 0) is 20.4 Å². The van der Waals surface area contributed by atoms with Gasteiger partial charge in [0.2, 0.25) is 17.6 Å². The Hall–Kier alpha value is -2.39. The van der Waals surface area contributed by atoms with Gasteiger partial charge in [-0.1, -0.05) is 35.0 Å². The number of thioether (sulfide) groups is 1. The molecule has 0 saturated carbocycles. The minimum absolute atomic E-state index is 0.0346. The molecular weight excluding hydrogens is 368 g/mol. The van der Waals surface area contributed by atoms with Gasteiger partial charge >= 0.3 is 5.97 Å². The Morgan fingerprint density at radius 1 is 1.33 bits per heavy atom. The second-order valence-corrected chi connectivity index (χ2v) is 7.65. The smallest absolute Gasteiger partial charge is 0.313 e. The Morgan fingerprint density at radius 2 is 2.07 bits per heavy atom. The molecule has 0 bridgehead atoms. The van der Waals surface area contributed by atoms with Gasteiger partial charge in [-0.2, -0.15) is 4.98 Å². The van der Waals surface area contributed by atoms with Crippen molar-refractivity contribution in [3.63, 3.8) is 0 Å². The standard InChI is InChI=1S/C18H22N4O4S/c1-11-3-5-12(6-4-11)17-20-18(26-21-17)14-7-13(8-22(14)2)19-15(23)9-27-10-16(24)25/h3-6,13-14H,7-10H2,1-2H3,(H,19,23)(H,24,25). The molecule has 1 saturated heterocycles. The molecule has 2 heterocycles. The number of carbonyl (C=O) groups excluding carboxylic acids is 1. The second kappa shape index (κ2) is 8.53. The molecular formula is C18H22N4O4S. The maximum Gasteiger partial charge on any atom is 0.313 e. The monoisotopic (exact) mass is 390 g/mol. The second-order valence-electron chi connectivity index (χ2n) is 6.66. The van der Waals surface area contributed by atoms with Crippen molar-refractivity contribution in [3.05, 3.63) is 35.7 Å². The van der Waals surface area contributed by atoms with Crippen LogP contribution in [0.25, 0.3) is 11.4 Å². The van der Waals surface area contributed by atoms with Gasteiger partial charge in [-0.3, -0.25) is 14.5 Å². The number of amides is 1. The summed E-state index contributed by atoms with van der Waals surface area (Å²) in [6, 6.07) is 7.82. The SMILES string of the molecule is Cc1ccc(-c2noc(C3CC(NC(=O)CSCC(=O)O)CN3C)n2)cc1. The topological polar surface area (TPSA) is 109 Å². The lowest BCUT2D eigenvalue weighted by Crippen LogP contribution is -2.37. The quantitative estimate of drug-likeness (QED) is 0.736. The minimum atomic E-state index is -0.922. The molecule has 2 atom stereocenters. The van der Waals surface area contributed by atoms with Gasteiger partial charge in [0.25, 0.3) is 0 Å². The van der Waals surface area contributed by atoms with E-state index in [1.807, 2.05) is 38.2 Å². The summed E-state index contributed by atoms with van der Waals surface area (Å²) >= 11 is 1.09. The van der Waals surface area contributed by atoms with Gasteiger partial charge in [0.15, 0.2) is 0 Å². The Balaban J connectivity index is 1.57. The molecule has 1 aliphatic rings. The van der Waals surface area contributed by atoms with Gasteiger partial charge in [-0.25, -0.2) is 0 Å². The number of carboxylic acid groups (broad SMARTS) is 1. The van der Waals surface area contributed by atoms with Crippen molar-refractivity contribution in [3.8, 4) is 11.4 Å². The minimum Gasteiger partial charge on any atom is -0.481 e. The molecule has 144 valence electrons. The van der Waals surface area contributed by atoms with Crippen molar-refractivity contribution in [1.82, 2.24) is 20.4 Å². The summed E-state index contributed by atoms with van der Waals surface area (Å²) in [7, 11) is 1.95. The number of likely N-dealkylation sites (N-methyl/N-ethyl adjacent to an activating group) is 1. The third kappa shape index (κ3) is 5.08. The van der Waals surface area contributed by atoms with Gasteiger partial charge in [0.1, 0.15) is 0 Å². The number of nitrogens with one attached hydrogen (secondary N) is 1. The summed E-state index contributed by atoms with van der Waals surface area (Å²) in [6.07, 6.45) is 0.668. The van der Waals surface area contributed by atoms with E-state index in [1.165, 1.54) is 0 Å². The summed E-state index contributed by atoms with van der Waals surface area (Å²) in [4.78, 5) is 29.1. The van der Waals surface area contributed by atoms with E-state index in [1.54, 1.807) is 0 Å². The van der Waals surface area contributed by atoms with Gasteiger partial charge in [0, 0.05) is 18.2 Å². The molecule has 8 nitrogen and oxygen atoms in total. The van der Waals surface area contributed by atoms with Crippen LogP contribution >= 0.6 is 11.8 Å². The molecule has 1 amide bonds. The summed E-state index contributed by atoms with van der Waals surface area (Å²) in [5, 5.41) is 15.6. The van der Waals surface area contributed by atoms with E-state index >= 15 is 0 Å². The molecule has 3 rings (SSSR count). The Labute approximate surface area is 161 Å². The number of carboxylic acids is 1. The van der Waals surface area contributed by atoms with Crippen LogP contribution in [0.3, 0.4) is 0 Å². The third-order valence-electron chi connectivity index (χ3n) is 4.41. The summed E-state index contributed by atoms with van der Waals surface area (Å²) in [5.41, 5.74) is 2.06. The number of aliphatic carboxylic acids is 1. The van der Waals surface area contributed by atoms with Crippen LogP contribution < -0.4 is 5.32 Å². The average Bonchev–Trinajstić information content (AvgIpc) is 3.22. The molecule has 0 spiro atoms. The van der Waals surface area contributed by atoms with Crippen molar-refractivity contribution in [1.29, 1.82) is 0 Å². The van der Waals surface area contributed by atoms with E-state index in [0.717, 1.165) is 22.9 Å². The molecule has 1 aliphatic heterocycles. The Kier molecular flexibility index (Phi) is 6.12. The lowest BCUT2D eigenvalue weighted by molar-refractivity contribution is -0.133. The number of aryl methyl sites for hydroxylation is 1. The van der Waals surface area contributed by atoms with Crippen LogP contribution in [0, 0.1) is 6.92 Å². The molecule has 9 heteroatoms. The van der Waals surface area contributed by atoms with Crippen molar-refractivity contribution < 1.29 is 19.2 Å². The highest BCUT2D eigenvalue weighted by Gasteiger charge is 2.35. The summed E-state index contributed by atoms with van der Waals surface area (Å²) < 4.78 is 5.46. The fourth-order valence-electron chi connectivity index (χ4n) is 3.08. The summed E-state index contributed by atoms with van der Waals surface area (Å²) in [6.45, 7) is 2.69. The summed E-state index contributed by atoms with van der Waals surface area (Å²) in [5.74, 6) is 0.0566. The fourth-order valence-corrected chi connectivity index (χ4v) is 3.63. The average molecular weight is 390 g/mol. The zero-order valence-electron chi connectivity index (χ0n) is 15.2. The number of benzene rings is 1. The first-order valence-corrected chi connectivity index (χ1v) is 9.77. The number of likely N-dealkylation sites (tertiary alicyclic amines) is 1. The predicted molar refractivity (Wildman–Crippen MR) is 101 cm³/mol. The lowest BCUT2D eigenvalue weighted by atomic mass is 10.1. The third-order valence-corrected chi connectivity index (χ3v) is 5.33. The highest BCUT2D eigenvalue weighted by atomic mass is 32.2. The molecule has 2 unspecified atom stereocenters. The number of hydrogen-bond donors (Lipinski definition) is 2. The van der Waals surface area contributed by atoms with Crippen LogP contribution in [0.4, 0.5) is 0 Å². The number of aromatic nitrogens is 2. The van der Waals surface area contributed by atoms with Crippen LogP contribution in [0.1, 0.15) is 23.9 Å². The van der Waals surface area contributed by atoms with Crippen LogP contribution in [-0.4, -0.2) is 63.2 Å². The van der Waals surface area contributed by atoms with E-state index < -0.39 is 5.97 Å². The molecule has 27 heavy (non-hydrogen) atoms. The fraction of sp³-hybridized carbons (Fsp3) is 0.444. The first-order chi connectivity index (χ1) is 12.9. The van der Waals surface area contributed by atoms with E-state index in [4.69, 9.17) is 9.63 Å². The number of rotatable bonds is 7. The molecule has 0 radical (unpaired) electrons. The predicted octanol–water partition coefficient (Wildman–Crippen LogP) is 1.72. The normalized spacial score (nSPS) is 19.9. The molecule has 2 aromatic rings. The first-order valence-electron chi connectivity index (χ1n) is 8.62. The highest BCUT2D eigenvalue weighted by Crippen LogP contribution is 2.31. The molecule has 1 aromatic carbocycles. The maximum absolute atomic E-state index is 12.0. The van der Waals surface area contributed by atoms with E-state index in [2.05, 4.69) is 20.4 Å². The van der Waals surface area contributed by atoms with E-state index in [0.29, 0.717) is 24.7 Å². The van der Waals surface area contributed by atoms with Crippen LogP contribution in [0.5, 0.6) is 0 Å². The lowest BCUT2D eigenvalue weighted by Gasteiger charge is -2.14. The largest absolute Gasteiger partial charge is 0.481 e. The highest BCUT2D eigenvalue weighted by molar-refractivity contribution is 8.00. The molecule has 1 aromatic heterocycles. The number of hydrogen-bond acceptors (Lipinski definition) is 7. The van der Waals surface area contributed by atoms with Crippen molar-refractivity contribution >= 4 is 23.6 Å². The number of nitrogens with zero attached hydrogens (tertiary/aromatic N) is 3.